The van der Waals surface area contributed by atoms with Crippen molar-refractivity contribution in [1.82, 2.24) is 4.90 Å². The van der Waals surface area contributed by atoms with E-state index in [1.54, 1.807) is 36.2 Å². The number of carbonyl (C=O) groups is 1. The van der Waals surface area contributed by atoms with Gasteiger partial charge in [-0.3, -0.25) is 4.79 Å². The van der Waals surface area contributed by atoms with Crippen LogP contribution >= 0.6 is 34.6 Å². The van der Waals surface area contributed by atoms with Crippen LogP contribution in [-0.2, 0) is 3.07 Å². The molecule has 1 aliphatic heterocycles. The first-order valence-corrected chi connectivity index (χ1v) is 8.87. The van der Waals surface area contributed by atoms with Crippen molar-refractivity contribution < 1.29 is 16.6 Å². The first-order valence-electron chi connectivity index (χ1n) is 7.61. The third-order valence-corrected chi connectivity index (χ3v) is 4.12. The lowest BCUT2D eigenvalue weighted by molar-refractivity contribution is 0.226. The summed E-state index contributed by atoms with van der Waals surface area (Å²) in [5, 5.41) is -0.604. The fraction of sp³-hybridized carbons (Fsp3) is 0.278. The van der Waals surface area contributed by atoms with E-state index in [9.17, 15) is 13.6 Å². The molecule has 1 aromatic rings. The van der Waals surface area contributed by atoms with Crippen LogP contribution in [0, 0.1) is 11.6 Å². The van der Waals surface area contributed by atoms with Crippen molar-refractivity contribution in [3.63, 3.8) is 0 Å². The number of hydrogen-bond donors (Lipinski definition) is 0. The molecule has 0 N–H and O–H groups in total. The highest BCUT2D eigenvalue weighted by atomic mass is 127. The van der Waals surface area contributed by atoms with E-state index >= 15 is 0 Å². The van der Waals surface area contributed by atoms with Gasteiger partial charge in [-0.1, -0.05) is 24.3 Å². The van der Waals surface area contributed by atoms with Crippen molar-refractivity contribution in [2.24, 2.45) is 0 Å². The van der Waals surface area contributed by atoms with E-state index < -0.39 is 17.0 Å². The summed E-state index contributed by atoms with van der Waals surface area (Å²) in [4.78, 5) is 13.1. The Labute approximate surface area is 164 Å². The minimum Gasteiger partial charge on any atom is -0.319 e. The zero-order chi connectivity index (χ0) is 18.4. The summed E-state index contributed by atoms with van der Waals surface area (Å²) >= 11 is 7.44. The predicted octanol–water partition coefficient (Wildman–Crippen LogP) is 5.65. The topological polar surface area (TPSA) is 29.5 Å². The van der Waals surface area contributed by atoms with Crippen molar-refractivity contribution in [1.29, 1.82) is 0 Å². The molecular weight excluding hydrogens is 463 g/mol. The molecule has 0 saturated carbocycles. The van der Waals surface area contributed by atoms with Crippen LogP contribution in [0.2, 0.25) is 0 Å². The number of benzene rings is 1. The van der Waals surface area contributed by atoms with Crippen LogP contribution in [0.3, 0.4) is 0 Å². The van der Waals surface area contributed by atoms with Gasteiger partial charge in [-0.15, -0.1) is 0 Å². The number of halogens is 4. The van der Waals surface area contributed by atoms with Crippen molar-refractivity contribution in [3.8, 4) is 0 Å². The number of carbonyl (C=O) groups excluding carboxylic acids is 1. The van der Waals surface area contributed by atoms with Crippen molar-refractivity contribution in [3.05, 3.63) is 65.3 Å². The highest BCUT2D eigenvalue weighted by Crippen LogP contribution is 2.32. The van der Waals surface area contributed by atoms with E-state index in [1.807, 2.05) is 18.2 Å². The van der Waals surface area contributed by atoms with E-state index in [4.69, 9.17) is 11.6 Å². The molecule has 0 fully saturated rings. The van der Waals surface area contributed by atoms with Crippen molar-refractivity contribution >= 4 is 45.5 Å². The number of amides is 1. The van der Waals surface area contributed by atoms with Crippen LogP contribution in [0.25, 0.3) is 5.57 Å². The molecule has 3 nitrogen and oxygen atoms in total. The Kier molecular flexibility index (Phi) is 7.58. The van der Waals surface area contributed by atoms with E-state index in [0.29, 0.717) is 5.57 Å². The molecule has 0 unspecified atom stereocenters. The van der Waals surface area contributed by atoms with Crippen LogP contribution in [-0.4, -0.2) is 30.0 Å². The van der Waals surface area contributed by atoms with Crippen molar-refractivity contribution in [2.45, 2.75) is 18.9 Å². The average Bonchev–Trinajstić information content (AvgIpc) is 3.04. The summed E-state index contributed by atoms with van der Waals surface area (Å²) in [6.45, 7) is 0.165. The minimum absolute atomic E-state index is 0.165. The zero-order valence-electron chi connectivity index (χ0n) is 13.5. The van der Waals surface area contributed by atoms with Gasteiger partial charge in [0.25, 0.3) is 0 Å². The monoisotopic (exact) mass is 479 g/mol. The largest absolute Gasteiger partial charge is 0.319 e. The molecule has 1 amide bonds. The fourth-order valence-corrected chi connectivity index (χ4v) is 3.00. The Morgan fingerprint density at radius 3 is 2.68 bits per heavy atom. The Morgan fingerprint density at radius 2 is 2.08 bits per heavy atom. The number of allylic oxidation sites excluding steroid dienone is 2. The maximum Gasteiger partial charge on any atom is 0.317 e. The Bertz CT molecular complexity index is 734. The number of rotatable bonds is 2. The van der Waals surface area contributed by atoms with Gasteiger partial charge in [0, 0.05) is 19.2 Å². The molecule has 25 heavy (non-hydrogen) atoms. The summed E-state index contributed by atoms with van der Waals surface area (Å²) in [5.41, 5.74) is 1.69. The van der Waals surface area contributed by atoms with Gasteiger partial charge >= 0.3 is 5.37 Å². The first-order chi connectivity index (χ1) is 12.0. The van der Waals surface area contributed by atoms with E-state index in [-0.39, 0.29) is 18.2 Å². The molecule has 0 spiro atoms. The number of nitrogens with zero attached hydrogens (tertiary/aromatic N) is 1. The van der Waals surface area contributed by atoms with E-state index in [2.05, 4.69) is 3.07 Å². The average molecular weight is 480 g/mol. The van der Waals surface area contributed by atoms with Crippen LogP contribution in [0.15, 0.2) is 48.1 Å². The Hall–Kier alpha value is -1.25. The van der Waals surface area contributed by atoms with Gasteiger partial charge in [0.1, 0.15) is 34.6 Å². The summed E-state index contributed by atoms with van der Waals surface area (Å²) in [7, 11) is 1.61. The summed E-state index contributed by atoms with van der Waals surface area (Å²) in [6.07, 6.45) is 9.64. The molecule has 0 bridgehead atoms. The fourth-order valence-electron chi connectivity index (χ4n) is 2.83. The predicted molar refractivity (Wildman–Crippen MR) is 104 cm³/mol. The van der Waals surface area contributed by atoms with Gasteiger partial charge in [-0.25, -0.2) is 8.78 Å². The highest BCUT2D eigenvalue weighted by molar-refractivity contribution is 14.1. The van der Waals surface area contributed by atoms with Crippen molar-refractivity contribution in [2.75, 3.05) is 13.7 Å². The molecular formula is C18H17ClF2INO2. The summed E-state index contributed by atoms with van der Waals surface area (Å²) in [6, 6.07) is 2.97. The maximum atomic E-state index is 13.9. The standard InChI is InChI=1S/C17H14ClF2NO.CH3IO/c18-17(22)21-10-12(14-9-13(19)6-7-15(14)20)8-16(21)11-4-2-1-3-5-11;1-3-2/h2,4-9,16H,1,3,10H2;1H3/t16-;/m0./s1. The molecule has 1 atom stereocenters. The van der Waals surface area contributed by atoms with Gasteiger partial charge in [-0.05, 0) is 53.8 Å². The van der Waals surface area contributed by atoms with E-state index in [0.717, 1.165) is 36.6 Å². The molecule has 0 radical (unpaired) electrons. The molecule has 0 aromatic heterocycles. The van der Waals surface area contributed by atoms with Crippen LogP contribution in [0.4, 0.5) is 13.6 Å². The lowest BCUT2D eigenvalue weighted by Crippen LogP contribution is -2.33. The molecule has 3 rings (SSSR count). The maximum absolute atomic E-state index is 13.9. The van der Waals surface area contributed by atoms with Gasteiger partial charge < -0.3 is 7.97 Å². The second-order valence-electron chi connectivity index (χ2n) is 5.48. The van der Waals surface area contributed by atoms with Gasteiger partial charge in [0.2, 0.25) is 0 Å². The third-order valence-electron chi connectivity index (χ3n) is 3.90. The van der Waals surface area contributed by atoms with Gasteiger partial charge in [-0.2, -0.15) is 0 Å². The Morgan fingerprint density at radius 1 is 1.36 bits per heavy atom. The van der Waals surface area contributed by atoms with Gasteiger partial charge in [0.05, 0.1) is 6.04 Å². The smallest absolute Gasteiger partial charge is 0.317 e. The molecule has 2 aliphatic rings. The second-order valence-corrected chi connectivity index (χ2v) is 6.68. The molecule has 0 saturated heterocycles. The SMILES string of the molecule is COI.O=C(Cl)N1CC(c2cc(F)ccc2F)=C[C@H]1C1=CCCC=C1. The van der Waals surface area contributed by atoms with Crippen LogP contribution in [0.5, 0.6) is 0 Å². The summed E-state index contributed by atoms with van der Waals surface area (Å²) < 4.78 is 31.6. The molecule has 1 heterocycles. The van der Waals surface area contributed by atoms with Crippen LogP contribution in [0.1, 0.15) is 18.4 Å². The molecule has 1 aliphatic carbocycles. The second kappa shape index (κ2) is 9.45. The highest BCUT2D eigenvalue weighted by Gasteiger charge is 2.31. The quantitative estimate of drug-likeness (QED) is 0.312. The Balaban J connectivity index is 0.000000701. The minimum atomic E-state index is -0.604. The van der Waals surface area contributed by atoms with Gasteiger partial charge in [0.15, 0.2) is 0 Å². The van der Waals surface area contributed by atoms with Crippen LogP contribution < -0.4 is 0 Å². The third kappa shape index (κ3) is 5.12. The lowest BCUT2D eigenvalue weighted by atomic mass is 9.99. The molecule has 7 heteroatoms. The first kappa shape index (κ1) is 20.1. The van der Waals surface area contributed by atoms with E-state index in [1.165, 1.54) is 4.90 Å². The molecule has 134 valence electrons. The summed E-state index contributed by atoms with van der Waals surface area (Å²) in [5.74, 6) is -1.02. The molecule has 1 aromatic carbocycles. The number of hydrogen-bond acceptors (Lipinski definition) is 2. The lowest BCUT2D eigenvalue weighted by Gasteiger charge is -2.24. The zero-order valence-corrected chi connectivity index (χ0v) is 16.4. The normalized spacial score (nSPS) is 19.1.